The molecule has 0 heterocycles. The zero-order valence-corrected chi connectivity index (χ0v) is 9.25. The average molecular weight is 255 g/mol. The second kappa shape index (κ2) is 4.92. The predicted molar refractivity (Wildman–Crippen MR) is 49.9 cm³/mol. The van der Waals surface area contributed by atoms with E-state index >= 15 is 0 Å². The number of hydrogen-bond donors (Lipinski definition) is 0. The first-order valence-electron chi connectivity index (χ1n) is 2.45. The SMILES string of the molecule is CC(SSC(Cl)(Cl)Cl)C(=O)[O-]. The van der Waals surface area contributed by atoms with Crippen molar-refractivity contribution in [2.75, 3.05) is 0 Å². The van der Waals surface area contributed by atoms with Crippen molar-refractivity contribution in [2.45, 2.75) is 15.3 Å². The zero-order chi connectivity index (χ0) is 9.07. The van der Waals surface area contributed by atoms with Gasteiger partial charge in [-0.2, -0.15) is 0 Å². The minimum Gasteiger partial charge on any atom is -0.549 e. The maximum Gasteiger partial charge on any atom is 0.247 e. The third kappa shape index (κ3) is 7.40. The lowest BCUT2D eigenvalue weighted by atomic mass is 10.5. The van der Waals surface area contributed by atoms with Crippen LogP contribution in [-0.4, -0.2) is 14.3 Å². The molecule has 0 aliphatic rings. The molecule has 0 saturated carbocycles. The molecule has 66 valence electrons. The molecule has 0 aromatic rings. The third-order valence-electron chi connectivity index (χ3n) is 0.619. The quantitative estimate of drug-likeness (QED) is 0.569. The number of alkyl halides is 3. The van der Waals surface area contributed by atoms with Gasteiger partial charge in [-0.3, -0.25) is 0 Å². The van der Waals surface area contributed by atoms with Crippen molar-refractivity contribution < 1.29 is 9.90 Å². The maximum absolute atomic E-state index is 10.1. The van der Waals surface area contributed by atoms with Gasteiger partial charge in [0, 0.05) is 0 Å². The summed E-state index contributed by atoms with van der Waals surface area (Å²) in [5.74, 6) is -1.17. The summed E-state index contributed by atoms with van der Waals surface area (Å²) in [6.07, 6.45) is 0. The number of hydrogen-bond acceptors (Lipinski definition) is 4. The summed E-state index contributed by atoms with van der Waals surface area (Å²) in [4.78, 5) is 10.1. The molecule has 0 aliphatic heterocycles. The Bertz CT molecular complexity index is 147. The van der Waals surface area contributed by atoms with E-state index in [2.05, 4.69) is 0 Å². The van der Waals surface area contributed by atoms with E-state index in [1.54, 1.807) is 0 Å². The van der Waals surface area contributed by atoms with Crippen molar-refractivity contribution in [3.05, 3.63) is 0 Å². The molecule has 2 nitrogen and oxygen atoms in total. The Labute approximate surface area is 87.3 Å². The van der Waals surface area contributed by atoms with Gasteiger partial charge < -0.3 is 9.90 Å². The minimum atomic E-state index is -1.48. The normalized spacial score (nSPS) is 14.5. The minimum absolute atomic E-state index is 0.685. The number of rotatable bonds is 3. The summed E-state index contributed by atoms with van der Waals surface area (Å²) >= 11 is 16.0. The first-order valence-corrected chi connectivity index (χ1v) is 5.79. The van der Waals surface area contributed by atoms with Crippen LogP contribution in [0.3, 0.4) is 0 Å². The van der Waals surface area contributed by atoms with Gasteiger partial charge in [0.25, 0.3) is 0 Å². The second-order valence-electron chi connectivity index (χ2n) is 1.59. The fraction of sp³-hybridized carbons (Fsp3) is 0.750. The number of aliphatic carboxylic acids is 1. The highest BCUT2D eigenvalue weighted by Crippen LogP contribution is 2.47. The molecule has 7 heteroatoms. The Morgan fingerprint density at radius 1 is 1.55 bits per heavy atom. The first-order chi connectivity index (χ1) is 4.83. The van der Waals surface area contributed by atoms with Crippen LogP contribution in [0.4, 0.5) is 0 Å². The molecule has 0 saturated heterocycles. The average Bonchev–Trinajstić information content (AvgIpc) is 1.80. The lowest BCUT2D eigenvalue weighted by molar-refractivity contribution is -0.304. The number of carboxylic acids is 1. The van der Waals surface area contributed by atoms with Crippen LogP contribution >= 0.6 is 56.4 Å². The number of carbonyl (C=O) groups excluding carboxylic acids is 1. The van der Waals surface area contributed by atoms with Gasteiger partial charge in [-0.05, 0) is 17.7 Å². The largest absolute Gasteiger partial charge is 0.549 e. The Morgan fingerprint density at radius 2 is 2.00 bits per heavy atom. The monoisotopic (exact) mass is 253 g/mol. The number of carboxylic acid groups (broad SMARTS) is 1. The molecule has 0 aliphatic carbocycles. The van der Waals surface area contributed by atoms with Crippen molar-refractivity contribution in [1.82, 2.24) is 0 Å². The van der Waals surface area contributed by atoms with Gasteiger partial charge in [-0.1, -0.05) is 45.6 Å². The van der Waals surface area contributed by atoms with E-state index in [1.165, 1.54) is 6.92 Å². The fourth-order valence-corrected chi connectivity index (χ4v) is 2.48. The van der Waals surface area contributed by atoms with Gasteiger partial charge in [0.1, 0.15) is 0 Å². The molecule has 0 bridgehead atoms. The van der Waals surface area contributed by atoms with Gasteiger partial charge in [0.2, 0.25) is 3.12 Å². The van der Waals surface area contributed by atoms with E-state index in [9.17, 15) is 9.90 Å². The number of halogens is 3. The van der Waals surface area contributed by atoms with Crippen LogP contribution in [0.1, 0.15) is 6.92 Å². The molecule has 0 amide bonds. The molecular formula is C4H4Cl3O2S2-. The fourth-order valence-electron chi connectivity index (χ4n) is 0.166. The highest BCUT2D eigenvalue weighted by molar-refractivity contribution is 8.78. The predicted octanol–water partition coefficient (Wildman–Crippen LogP) is 1.83. The zero-order valence-electron chi connectivity index (χ0n) is 5.34. The molecule has 0 aromatic heterocycles. The van der Waals surface area contributed by atoms with Crippen LogP contribution in [0.15, 0.2) is 0 Å². The Morgan fingerprint density at radius 3 is 2.27 bits per heavy atom. The lowest BCUT2D eigenvalue weighted by Crippen LogP contribution is -2.31. The summed E-state index contributed by atoms with van der Waals surface area (Å²) < 4.78 is -1.48. The Kier molecular flexibility index (Phi) is 5.38. The van der Waals surface area contributed by atoms with Crippen molar-refractivity contribution >= 4 is 62.4 Å². The molecular weight excluding hydrogens is 251 g/mol. The highest BCUT2D eigenvalue weighted by atomic mass is 35.6. The van der Waals surface area contributed by atoms with Gasteiger partial charge >= 0.3 is 0 Å². The van der Waals surface area contributed by atoms with E-state index in [0.29, 0.717) is 0 Å². The molecule has 1 atom stereocenters. The van der Waals surface area contributed by atoms with Crippen molar-refractivity contribution in [1.29, 1.82) is 0 Å². The van der Waals surface area contributed by atoms with Gasteiger partial charge in [-0.15, -0.1) is 0 Å². The van der Waals surface area contributed by atoms with Crippen LogP contribution < -0.4 is 5.11 Å². The van der Waals surface area contributed by atoms with Crippen LogP contribution in [0.2, 0.25) is 0 Å². The summed E-state index contributed by atoms with van der Waals surface area (Å²) in [5, 5.41) is 9.46. The molecule has 1 unspecified atom stereocenters. The summed E-state index contributed by atoms with van der Waals surface area (Å²) in [6, 6.07) is 0. The third-order valence-corrected chi connectivity index (χ3v) is 4.81. The molecule has 0 spiro atoms. The van der Waals surface area contributed by atoms with E-state index < -0.39 is 14.3 Å². The smallest absolute Gasteiger partial charge is 0.247 e. The van der Waals surface area contributed by atoms with E-state index in [-0.39, 0.29) is 0 Å². The van der Waals surface area contributed by atoms with Crippen LogP contribution in [0.5, 0.6) is 0 Å². The van der Waals surface area contributed by atoms with Crippen molar-refractivity contribution in [3.63, 3.8) is 0 Å². The number of carbonyl (C=O) groups is 1. The van der Waals surface area contributed by atoms with Crippen LogP contribution in [0, 0.1) is 0 Å². The molecule has 0 N–H and O–H groups in total. The topological polar surface area (TPSA) is 40.1 Å². The van der Waals surface area contributed by atoms with E-state index in [1.807, 2.05) is 0 Å². The molecule has 11 heavy (non-hydrogen) atoms. The van der Waals surface area contributed by atoms with Crippen LogP contribution in [0.25, 0.3) is 0 Å². The second-order valence-corrected chi connectivity index (χ2v) is 7.30. The molecule has 0 rings (SSSR count). The Hall–Kier alpha value is 1.04. The summed E-state index contributed by atoms with van der Waals surface area (Å²) in [5.41, 5.74) is 0. The summed E-state index contributed by atoms with van der Waals surface area (Å²) in [6.45, 7) is 1.46. The van der Waals surface area contributed by atoms with Crippen molar-refractivity contribution in [2.24, 2.45) is 0 Å². The van der Waals surface area contributed by atoms with Gasteiger partial charge in [0.15, 0.2) is 0 Å². The van der Waals surface area contributed by atoms with E-state index in [4.69, 9.17) is 34.8 Å². The molecule has 0 aromatic carbocycles. The maximum atomic E-state index is 10.1. The standard InChI is InChI=1S/C4H5Cl3O2S2/c1-2(3(8)9)10-11-4(5,6)7/h2H,1H3,(H,8,9)/p-1. The molecule has 0 radical (unpaired) electrons. The Balaban J connectivity index is 3.63. The summed E-state index contributed by atoms with van der Waals surface area (Å²) in [7, 11) is 1.81. The highest BCUT2D eigenvalue weighted by Gasteiger charge is 2.22. The van der Waals surface area contributed by atoms with E-state index in [0.717, 1.165) is 21.6 Å². The van der Waals surface area contributed by atoms with Gasteiger partial charge in [0.05, 0.1) is 11.2 Å². The van der Waals surface area contributed by atoms with Gasteiger partial charge in [-0.25, -0.2) is 0 Å². The van der Waals surface area contributed by atoms with Crippen molar-refractivity contribution in [3.8, 4) is 0 Å². The lowest BCUT2D eigenvalue weighted by Gasteiger charge is -2.14. The molecule has 0 fully saturated rings. The van der Waals surface area contributed by atoms with Crippen LogP contribution in [-0.2, 0) is 4.79 Å². The first kappa shape index (κ1) is 12.0.